The Morgan fingerprint density at radius 2 is 2.38 bits per heavy atom. The number of carbonyl (C=O) groups excluding carboxylic acids is 1. The summed E-state index contributed by atoms with van der Waals surface area (Å²) in [6.07, 6.45) is 2.28. The van der Waals surface area contributed by atoms with E-state index < -0.39 is 0 Å². The summed E-state index contributed by atoms with van der Waals surface area (Å²) >= 11 is 0. The summed E-state index contributed by atoms with van der Waals surface area (Å²) in [4.78, 5) is 13.5. The van der Waals surface area contributed by atoms with Crippen LogP contribution >= 0.6 is 0 Å². The van der Waals surface area contributed by atoms with Crippen LogP contribution in [0, 0.1) is 5.92 Å². The maximum Gasteiger partial charge on any atom is 0.236 e. The van der Waals surface area contributed by atoms with Gasteiger partial charge in [-0.3, -0.25) is 4.79 Å². The van der Waals surface area contributed by atoms with Gasteiger partial charge < -0.3 is 10.2 Å². The molecule has 1 unspecified atom stereocenters. The Hall–Kier alpha value is -0.570. The van der Waals surface area contributed by atoms with Crippen LogP contribution < -0.4 is 5.32 Å². The van der Waals surface area contributed by atoms with Crippen molar-refractivity contribution < 1.29 is 4.79 Å². The van der Waals surface area contributed by atoms with Crippen molar-refractivity contribution in [3.05, 3.63) is 0 Å². The predicted molar refractivity (Wildman–Crippen MR) is 53.5 cm³/mol. The van der Waals surface area contributed by atoms with Crippen molar-refractivity contribution in [1.29, 1.82) is 0 Å². The summed E-state index contributed by atoms with van der Waals surface area (Å²) in [5.74, 6) is 0.848. The van der Waals surface area contributed by atoms with Crippen molar-refractivity contribution in [1.82, 2.24) is 10.2 Å². The molecule has 1 atom stereocenters. The van der Waals surface area contributed by atoms with Gasteiger partial charge in [-0.25, -0.2) is 0 Å². The van der Waals surface area contributed by atoms with E-state index in [0.717, 1.165) is 32.5 Å². The molecule has 1 rings (SSSR count). The van der Waals surface area contributed by atoms with Gasteiger partial charge in [0, 0.05) is 13.1 Å². The average molecular weight is 184 g/mol. The lowest BCUT2D eigenvalue weighted by Gasteiger charge is -2.21. The normalized spacial score (nSPS) is 24.6. The van der Waals surface area contributed by atoms with Crippen LogP contribution in [-0.4, -0.2) is 37.0 Å². The molecule has 1 aliphatic heterocycles. The Balaban J connectivity index is 2.42. The number of hydrogen-bond donors (Lipinski definition) is 1. The fourth-order valence-corrected chi connectivity index (χ4v) is 1.64. The summed E-state index contributed by atoms with van der Waals surface area (Å²) in [5.41, 5.74) is 0. The third kappa shape index (κ3) is 3.35. The van der Waals surface area contributed by atoms with Gasteiger partial charge in [-0.05, 0) is 18.9 Å². The Bertz CT molecular complexity index is 170. The Kier molecular flexibility index (Phi) is 4.22. The van der Waals surface area contributed by atoms with Gasteiger partial charge in [-0.1, -0.05) is 20.3 Å². The third-order valence-electron chi connectivity index (χ3n) is 2.44. The van der Waals surface area contributed by atoms with Gasteiger partial charge in [-0.2, -0.15) is 0 Å². The van der Waals surface area contributed by atoms with E-state index in [2.05, 4.69) is 19.2 Å². The summed E-state index contributed by atoms with van der Waals surface area (Å²) in [5, 5.41) is 3.16. The van der Waals surface area contributed by atoms with E-state index in [0.29, 0.717) is 12.5 Å². The quantitative estimate of drug-likeness (QED) is 0.705. The molecule has 0 bridgehead atoms. The molecule has 1 fully saturated rings. The molecular weight excluding hydrogens is 164 g/mol. The lowest BCUT2D eigenvalue weighted by Crippen LogP contribution is -2.36. The van der Waals surface area contributed by atoms with Gasteiger partial charge in [0.1, 0.15) is 0 Å². The minimum atomic E-state index is 0.262. The number of hydrogen-bond acceptors (Lipinski definition) is 2. The molecular formula is C10H20N2O. The average Bonchev–Trinajstić information content (AvgIpc) is 2.25. The molecule has 1 amide bonds. The molecule has 0 aromatic carbocycles. The highest BCUT2D eigenvalue weighted by atomic mass is 16.2. The van der Waals surface area contributed by atoms with Crippen molar-refractivity contribution in [3.8, 4) is 0 Å². The molecule has 3 heteroatoms. The first-order valence-electron chi connectivity index (χ1n) is 5.22. The first kappa shape index (κ1) is 10.5. The maximum atomic E-state index is 11.5. The van der Waals surface area contributed by atoms with Gasteiger partial charge in [0.15, 0.2) is 0 Å². The molecule has 0 saturated carbocycles. The molecule has 76 valence electrons. The highest BCUT2D eigenvalue weighted by Gasteiger charge is 2.19. The molecule has 0 aromatic heterocycles. The van der Waals surface area contributed by atoms with Crippen molar-refractivity contribution in [2.75, 3.05) is 26.2 Å². The fraction of sp³-hybridized carbons (Fsp3) is 0.900. The van der Waals surface area contributed by atoms with Crippen LogP contribution in [-0.2, 0) is 4.79 Å². The van der Waals surface area contributed by atoms with E-state index >= 15 is 0 Å². The molecule has 1 saturated heterocycles. The minimum absolute atomic E-state index is 0.262. The number of rotatable bonds is 3. The molecule has 1 aliphatic rings. The molecule has 1 N–H and O–H groups in total. The minimum Gasteiger partial charge on any atom is -0.341 e. The van der Waals surface area contributed by atoms with E-state index in [9.17, 15) is 4.79 Å². The largest absolute Gasteiger partial charge is 0.341 e. The zero-order valence-corrected chi connectivity index (χ0v) is 8.68. The monoisotopic (exact) mass is 184 g/mol. The van der Waals surface area contributed by atoms with Crippen molar-refractivity contribution in [3.63, 3.8) is 0 Å². The highest BCUT2D eigenvalue weighted by molar-refractivity contribution is 5.78. The molecule has 0 aliphatic carbocycles. The maximum absolute atomic E-state index is 11.5. The Morgan fingerprint density at radius 1 is 1.62 bits per heavy atom. The van der Waals surface area contributed by atoms with Crippen LogP contribution in [0.15, 0.2) is 0 Å². The number of amides is 1. The predicted octanol–water partition coefficient (Wildman–Crippen LogP) is 0.854. The van der Waals surface area contributed by atoms with Gasteiger partial charge in [0.05, 0.1) is 6.54 Å². The number of nitrogens with zero attached hydrogens (tertiary/aromatic N) is 1. The highest BCUT2D eigenvalue weighted by Crippen LogP contribution is 2.05. The first-order valence-corrected chi connectivity index (χ1v) is 5.22. The standard InChI is InChI=1S/C10H20N2O/c1-3-4-5-12-8-9(2)6-11-7-10(12)13/h9,11H,3-8H2,1-2H3. The van der Waals surface area contributed by atoms with E-state index in [1.54, 1.807) is 0 Å². The summed E-state index contributed by atoms with van der Waals surface area (Å²) in [6.45, 7) is 7.68. The van der Waals surface area contributed by atoms with Crippen LogP contribution in [0.2, 0.25) is 0 Å². The van der Waals surface area contributed by atoms with Crippen molar-refractivity contribution in [2.24, 2.45) is 5.92 Å². The second kappa shape index (κ2) is 5.22. The third-order valence-corrected chi connectivity index (χ3v) is 2.44. The summed E-state index contributed by atoms with van der Waals surface area (Å²) in [7, 11) is 0. The zero-order valence-electron chi connectivity index (χ0n) is 8.68. The van der Waals surface area contributed by atoms with E-state index in [1.807, 2.05) is 4.90 Å². The second-order valence-corrected chi connectivity index (χ2v) is 3.93. The number of unbranched alkanes of at least 4 members (excludes halogenated alkanes) is 1. The molecule has 0 spiro atoms. The van der Waals surface area contributed by atoms with Crippen LogP contribution in [0.4, 0.5) is 0 Å². The van der Waals surface area contributed by atoms with Crippen LogP contribution in [0.3, 0.4) is 0 Å². The number of carbonyl (C=O) groups is 1. The van der Waals surface area contributed by atoms with E-state index in [-0.39, 0.29) is 5.91 Å². The topological polar surface area (TPSA) is 32.3 Å². The van der Waals surface area contributed by atoms with Gasteiger partial charge >= 0.3 is 0 Å². The number of nitrogens with one attached hydrogen (secondary N) is 1. The van der Waals surface area contributed by atoms with Crippen LogP contribution in [0.25, 0.3) is 0 Å². The molecule has 1 heterocycles. The van der Waals surface area contributed by atoms with Gasteiger partial charge in [0.25, 0.3) is 0 Å². The van der Waals surface area contributed by atoms with E-state index in [4.69, 9.17) is 0 Å². The first-order chi connectivity index (χ1) is 6.24. The Labute approximate surface area is 80.5 Å². The molecule has 3 nitrogen and oxygen atoms in total. The zero-order chi connectivity index (χ0) is 9.68. The van der Waals surface area contributed by atoms with Gasteiger partial charge in [-0.15, -0.1) is 0 Å². The molecule has 13 heavy (non-hydrogen) atoms. The van der Waals surface area contributed by atoms with Crippen molar-refractivity contribution >= 4 is 5.91 Å². The van der Waals surface area contributed by atoms with Crippen LogP contribution in [0.5, 0.6) is 0 Å². The molecule has 0 radical (unpaired) electrons. The smallest absolute Gasteiger partial charge is 0.236 e. The Morgan fingerprint density at radius 3 is 3.08 bits per heavy atom. The van der Waals surface area contributed by atoms with E-state index in [1.165, 1.54) is 0 Å². The van der Waals surface area contributed by atoms with Gasteiger partial charge in [0.2, 0.25) is 5.91 Å². The molecule has 0 aromatic rings. The SMILES string of the molecule is CCCCN1CC(C)CNCC1=O. The second-order valence-electron chi connectivity index (χ2n) is 3.93. The van der Waals surface area contributed by atoms with Crippen LogP contribution in [0.1, 0.15) is 26.7 Å². The summed E-state index contributed by atoms with van der Waals surface area (Å²) in [6, 6.07) is 0. The lowest BCUT2D eigenvalue weighted by atomic mass is 10.1. The van der Waals surface area contributed by atoms with Crippen molar-refractivity contribution in [2.45, 2.75) is 26.7 Å². The lowest BCUT2D eigenvalue weighted by molar-refractivity contribution is -0.129. The fourth-order valence-electron chi connectivity index (χ4n) is 1.64. The summed E-state index contributed by atoms with van der Waals surface area (Å²) < 4.78 is 0.